The largest absolute Gasteiger partial charge is 0.455 e. The van der Waals surface area contributed by atoms with Crippen LogP contribution in [0.2, 0.25) is 0 Å². The summed E-state index contributed by atoms with van der Waals surface area (Å²) >= 11 is 0. The Labute approximate surface area is 153 Å². The van der Waals surface area contributed by atoms with Crippen LogP contribution in [0.4, 0.5) is 5.69 Å². The average Bonchev–Trinajstić information content (AvgIpc) is 3.10. The predicted molar refractivity (Wildman–Crippen MR) is 95.6 cm³/mol. The van der Waals surface area contributed by atoms with Crippen molar-refractivity contribution in [3.05, 3.63) is 39.9 Å². The van der Waals surface area contributed by atoms with Gasteiger partial charge in [0.1, 0.15) is 5.60 Å². The summed E-state index contributed by atoms with van der Waals surface area (Å²) in [6.45, 7) is 0. The minimum absolute atomic E-state index is 0.00358. The molecular weight excluding hydrogens is 330 g/mol. The van der Waals surface area contributed by atoms with Gasteiger partial charge >= 0.3 is 5.97 Å². The second-order valence-electron chi connectivity index (χ2n) is 8.91. The molecule has 0 N–H and O–H groups in total. The second kappa shape index (κ2) is 5.80. The molecule has 4 saturated carbocycles. The first kappa shape index (κ1) is 16.3. The van der Waals surface area contributed by atoms with Gasteiger partial charge < -0.3 is 4.74 Å². The number of carbonyl (C=O) groups excluding carboxylic acids is 1. The Bertz CT molecular complexity index is 745. The highest BCUT2D eigenvalue weighted by Gasteiger charge is 2.62. The Morgan fingerprint density at radius 3 is 2.65 bits per heavy atom. The van der Waals surface area contributed by atoms with Crippen molar-refractivity contribution in [1.82, 2.24) is 0 Å². The van der Waals surface area contributed by atoms with Gasteiger partial charge in [-0.1, -0.05) is 6.42 Å². The lowest BCUT2D eigenvalue weighted by Crippen LogP contribution is -2.58. The topological polar surface area (TPSA) is 69.4 Å². The van der Waals surface area contributed by atoms with Crippen LogP contribution in [0.1, 0.15) is 61.7 Å². The third-order valence-electron chi connectivity index (χ3n) is 7.95. The van der Waals surface area contributed by atoms with Gasteiger partial charge in [0.2, 0.25) is 0 Å². The summed E-state index contributed by atoms with van der Waals surface area (Å²) in [4.78, 5) is 23.3. The molecule has 6 atom stereocenters. The van der Waals surface area contributed by atoms with Crippen molar-refractivity contribution in [3.8, 4) is 0 Å². The van der Waals surface area contributed by atoms with Crippen LogP contribution in [-0.4, -0.2) is 16.5 Å². The van der Waals surface area contributed by atoms with Gasteiger partial charge in [-0.3, -0.25) is 10.1 Å². The highest BCUT2D eigenvalue weighted by Crippen LogP contribution is 2.64. The molecule has 138 valence electrons. The van der Waals surface area contributed by atoms with Crippen LogP contribution in [0, 0.1) is 39.7 Å². The van der Waals surface area contributed by atoms with Crippen molar-refractivity contribution in [2.75, 3.05) is 0 Å². The molecule has 4 aliphatic rings. The number of esters is 1. The molecule has 0 spiro atoms. The summed E-state index contributed by atoms with van der Waals surface area (Å²) in [6.07, 6.45) is 9.79. The van der Waals surface area contributed by atoms with Gasteiger partial charge in [-0.15, -0.1) is 0 Å². The van der Waals surface area contributed by atoms with Crippen LogP contribution in [0.15, 0.2) is 24.3 Å². The minimum Gasteiger partial charge on any atom is -0.455 e. The van der Waals surface area contributed by atoms with Gasteiger partial charge in [-0.05, 0) is 80.8 Å². The van der Waals surface area contributed by atoms with Crippen molar-refractivity contribution in [2.45, 2.75) is 57.0 Å². The van der Waals surface area contributed by atoms with E-state index >= 15 is 0 Å². The Morgan fingerprint density at radius 2 is 1.88 bits per heavy atom. The van der Waals surface area contributed by atoms with Crippen LogP contribution in [-0.2, 0) is 4.74 Å². The SMILES string of the molecule is O=C(O[C@@]12CC[C@H]3CC[C@H]([C@H]4CC[C@H]1C4)[C@H]2C3)c1ccc([N+](=O)[O-])cc1. The quantitative estimate of drug-likeness (QED) is 0.446. The Balaban J connectivity index is 1.44. The van der Waals surface area contributed by atoms with Crippen molar-refractivity contribution in [2.24, 2.45) is 29.6 Å². The molecule has 0 heterocycles. The number of nitrogens with zero attached hydrogens (tertiary/aromatic N) is 1. The molecule has 0 radical (unpaired) electrons. The van der Waals surface area contributed by atoms with Crippen molar-refractivity contribution < 1.29 is 14.5 Å². The van der Waals surface area contributed by atoms with Crippen LogP contribution in [0.25, 0.3) is 0 Å². The molecule has 4 aliphatic carbocycles. The summed E-state index contributed by atoms with van der Waals surface area (Å²) in [7, 11) is 0. The fraction of sp³-hybridized carbons (Fsp3) is 0.667. The van der Waals surface area contributed by atoms with E-state index in [1.165, 1.54) is 69.2 Å². The molecular formula is C21H25NO4. The van der Waals surface area contributed by atoms with Gasteiger partial charge in [0.25, 0.3) is 5.69 Å². The first-order chi connectivity index (χ1) is 12.6. The van der Waals surface area contributed by atoms with E-state index in [2.05, 4.69) is 0 Å². The smallest absolute Gasteiger partial charge is 0.338 e. The number of ether oxygens (including phenoxy) is 1. The van der Waals surface area contributed by atoms with Gasteiger partial charge in [-0.2, -0.15) is 0 Å². The van der Waals surface area contributed by atoms with E-state index in [1.807, 2.05) is 0 Å². The van der Waals surface area contributed by atoms with Crippen molar-refractivity contribution >= 4 is 11.7 Å². The number of benzene rings is 1. The van der Waals surface area contributed by atoms with Crippen LogP contribution in [0.5, 0.6) is 0 Å². The van der Waals surface area contributed by atoms with Crippen LogP contribution < -0.4 is 0 Å². The summed E-state index contributed by atoms with van der Waals surface area (Å²) in [5.74, 6) is 3.14. The fourth-order valence-electron chi connectivity index (χ4n) is 6.80. The zero-order valence-electron chi connectivity index (χ0n) is 14.9. The highest BCUT2D eigenvalue weighted by atomic mass is 16.6. The molecule has 0 aromatic heterocycles. The molecule has 5 rings (SSSR count). The lowest BCUT2D eigenvalue weighted by molar-refractivity contribution is -0.384. The van der Waals surface area contributed by atoms with E-state index < -0.39 is 4.92 Å². The number of fused-ring (bicyclic) bond motifs is 5. The molecule has 26 heavy (non-hydrogen) atoms. The van der Waals surface area contributed by atoms with E-state index in [4.69, 9.17) is 4.74 Å². The Hall–Kier alpha value is -1.91. The Kier molecular flexibility index (Phi) is 3.63. The monoisotopic (exact) mass is 355 g/mol. The molecule has 4 bridgehead atoms. The first-order valence-corrected chi connectivity index (χ1v) is 10.0. The van der Waals surface area contributed by atoms with E-state index in [1.54, 1.807) is 0 Å². The number of non-ortho nitro benzene ring substituents is 1. The molecule has 5 heteroatoms. The van der Waals surface area contributed by atoms with Crippen LogP contribution >= 0.6 is 0 Å². The van der Waals surface area contributed by atoms with Crippen molar-refractivity contribution in [3.63, 3.8) is 0 Å². The first-order valence-electron chi connectivity index (χ1n) is 10.0. The third kappa shape index (κ3) is 2.32. The fourth-order valence-corrected chi connectivity index (χ4v) is 6.80. The molecule has 1 aromatic rings. The van der Waals surface area contributed by atoms with E-state index in [0.29, 0.717) is 17.4 Å². The van der Waals surface area contributed by atoms with Gasteiger partial charge in [0.05, 0.1) is 10.5 Å². The van der Waals surface area contributed by atoms with E-state index in [9.17, 15) is 14.9 Å². The number of hydrogen-bond acceptors (Lipinski definition) is 4. The highest BCUT2D eigenvalue weighted by molar-refractivity contribution is 5.90. The third-order valence-corrected chi connectivity index (χ3v) is 7.95. The lowest BCUT2D eigenvalue weighted by Gasteiger charge is -2.58. The molecule has 5 nitrogen and oxygen atoms in total. The molecule has 1 aromatic carbocycles. The standard InChI is InChI=1S/C21H25NO4/c23-20(14-3-6-17(7-4-14)22(24)25)26-21-10-9-13-1-8-18(19(21)11-13)15-2-5-16(21)12-15/h3-4,6-7,13,15-16,18-19H,1-2,5,8-12H2/t13-,15+,16+,18-,19-,21+/m1/s1. The molecule has 0 saturated heterocycles. The minimum atomic E-state index is -0.443. The average molecular weight is 355 g/mol. The summed E-state index contributed by atoms with van der Waals surface area (Å²) in [5.41, 5.74) is 0.149. The maximum absolute atomic E-state index is 12.9. The predicted octanol–water partition coefficient (Wildman–Crippen LogP) is 4.75. The molecule has 0 aliphatic heterocycles. The zero-order valence-corrected chi connectivity index (χ0v) is 14.9. The summed E-state index contributed by atoms with van der Waals surface area (Å²) < 4.78 is 6.34. The van der Waals surface area contributed by atoms with Gasteiger partial charge in [0, 0.05) is 18.1 Å². The second-order valence-corrected chi connectivity index (χ2v) is 8.91. The van der Waals surface area contributed by atoms with E-state index in [0.717, 1.165) is 24.2 Å². The van der Waals surface area contributed by atoms with E-state index in [-0.39, 0.29) is 17.3 Å². The number of nitro benzene ring substituents is 1. The number of hydrogen-bond donors (Lipinski definition) is 0. The van der Waals surface area contributed by atoms with Crippen LogP contribution in [0.3, 0.4) is 0 Å². The molecule has 0 amide bonds. The maximum Gasteiger partial charge on any atom is 0.338 e. The summed E-state index contributed by atoms with van der Waals surface area (Å²) in [6, 6.07) is 5.84. The number of carbonyl (C=O) groups is 1. The maximum atomic E-state index is 12.9. The molecule has 0 unspecified atom stereocenters. The normalized spacial score (nSPS) is 40.1. The number of rotatable bonds is 3. The summed E-state index contributed by atoms with van der Waals surface area (Å²) in [5, 5.41) is 10.8. The zero-order chi connectivity index (χ0) is 17.9. The van der Waals surface area contributed by atoms with Crippen molar-refractivity contribution in [1.29, 1.82) is 0 Å². The van der Waals surface area contributed by atoms with Gasteiger partial charge in [-0.25, -0.2) is 4.79 Å². The van der Waals surface area contributed by atoms with Gasteiger partial charge in [0.15, 0.2) is 0 Å². The molecule has 4 fully saturated rings. The Morgan fingerprint density at radius 1 is 1.08 bits per heavy atom. The number of nitro groups is 1. The lowest BCUT2D eigenvalue weighted by atomic mass is 9.51.